The lowest BCUT2D eigenvalue weighted by Gasteiger charge is -2.04. The molecule has 0 aliphatic heterocycles. The molecule has 0 radical (unpaired) electrons. The van der Waals surface area contributed by atoms with Crippen molar-refractivity contribution < 1.29 is 10.2 Å². The van der Waals surface area contributed by atoms with Gasteiger partial charge in [0.15, 0.2) is 0 Å². The van der Waals surface area contributed by atoms with Crippen LogP contribution in [0.1, 0.15) is 25.0 Å². The third-order valence-corrected chi connectivity index (χ3v) is 3.39. The smallest absolute Gasteiger partial charge is 0.124 e. The highest BCUT2D eigenvalue weighted by Crippen LogP contribution is 2.17. The van der Waals surface area contributed by atoms with Crippen LogP contribution in [0.3, 0.4) is 0 Å². The first-order valence-electron chi connectivity index (χ1n) is 7.18. The van der Waals surface area contributed by atoms with Gasteiger partial charge in [-0.1, -0.05) is 24.3 Å². The zero-order valence-corrected chi connectivity index (χ0v) is 12.8. The van der Waals surface area contributed by atoms with Crippen LogP contribution in [-0.2, 0) is 0 Å². The summed E-state index contributed by atoms with van der Waals surface area (Å²) in [5.41, 5.74) is 3.05. The number of benzene rings is 2. The molecule has 0 spiro atoms. The van der Waals surface area contributed by atoms with E-state index in [1.54, 1.807) is 24.3 Å². The molecule has 2 aromatic carbocycles. The number of hydrogen-bond acceptors (Lipinski definition) is 4. The number of nitrogens with zero attached hydrogens (tertiary/aromatic N) is 2. The van der Waals surface area contributed by atoms with E-state index in [0.717, 1.165) is 22.6 Å². The van der Waals surface area contributed by atoms with Gasteiger partial charge in [0.05, 0.1) is 13.1 Å². The molecular weight excluding hydrogens is 276 g/mol. The minimum atomic E-state index is 0.234. The second-order valence-electron chi connectivity index (χ2n) is 4.97. The molecule has 0 aliphatic rings. The van der Waals surface area contributed by atoms with E-state index in [-0.39, 0.29) is 11.5 Å². The molecule has 4 heteroatoms. The van der Waals surface area contributed by atoms with Crippen molar-refractivity contribution in [1.29, 1.82) is 0 Å². The SMILES string of the molecule is C/C(=N/CC/N=C(\C)c1ccccc1O)c1ccccc1O. The van der Waals surface area contributed by atoms with E-state index < -0.39 is 0 Å². The summed E-state index contributed by atoms with van der Waals surface area (Å²) in [4.78, 5) is 8.86. The summed E-state index contributed by atoms with van der Waals surface area (Å²) < 4.78 is 0. The van der Waals surface area contributed by atoms with Crippen LogP contribution in [0.15, 0.2) is 58.5 Å². The second-order valence-corrected chi connectivity index (χ2v) is 4.97. The van der Waals surface area contributed by atoms with Crippen molar-refractivity contribution in [3.05, 3.63) is 59.7 Å². The third kappa shape index (κ3) is 3.95. The lowest BCUT2D eigenvalue weighted by atomic mass is 10.1. The number of rotatable bonds is 5. The van der Waals surface area contributed by atoms with Crippen LogP contribution in [0, 0.1) is 0 Å². The Morgan fingerprint density at radius 2 is 1.09 bits per heavy atom. The third-order valence-electron chi connectivity index (χ3n) is 3.39. The molecule has 0 bridgehead atoms. The zero-order valence-electron chi connectivity index (χ0n) is 12.8. The Morgan fingerprint density at radius 3 is 1.45 bits per heavy atom. The van der Waals surface area contributed by atoms with Crippen molar-refractivity contribution in [3.8, 4) is 11.5 Å². The monoisotopic (exact) mass is 296 g/mol. The first kappa shape index (κ1) is 15.8. The van der Waals surface area contributed by atoms with Crippen LogP contribution in [0.4, 0.5) is 0 Å². The van der Waals surface area contributed by atoms with E-state index in [2.05, 4.69) is 9.98 Å². The Labute approximate surface area is 130 Å². The van der Waals surface area contributed by atoms with E-state index in [1.165, 1.54) is 0 Å². The first-order valence-corrected chi connectivity index (χ1v) is 7.18. The summed E-state index contributed by atoms with van der Waals surface area (Å²) in [6.07, 6.45) is 0. The average Bonchev–Trinajstić information content (AvgIpc) is 2.52. The number of hydrogen-bond donors (Lipinski definition) is 2. The van der Waals surface area contributed by atoms with Crippen molar-refractivity contribution in [2.75, 3.05) is 13.1 Å². The van der Waals surface area contributed by atoms with Gasteiger partial charge in [0.2, 0.25) is 0 Å². The molecule has 0 atom stereocenters. The van der Waals surface area contributed by atoms with Crippen LogP contribution in [-0.4, -0.2) is 34.7 Å². The van der Waals surface area contributed by atoms with Gasteiger partial charge < -0.3 is 10.2 Å². The van der Waals surface area contributed by atoms with Crippen LogP contribution in [0.5, 0.6) is 11.5 Å². The summed E-state index contributed by atoms with van der Waals surface area (Å²) in [5, 5.41) is 19.5. The molecule has 114 valence electrons. The van der Waals surface area contributed by atoms with Gasteiger partial charge in [-0.15, -0.1) is 0 Å². The first-order chi connectivity index (χ1) is 10.6. The Bertz CT molecular complexity index is 644. The summed E-state index contributed by atoms with van der Waals surface area (Å²) in [5.74, 6) is 0.468. The van der Waals surface area contributed by atoms with Crippen molar-refractivity contribution >= 4 is 11.4 Å². The molecule has 0 aliphatic carbocycles. The molecule has 2 aromatic rings. The van der Waals surface area contributed by atoms with Gasteiger partial charge >= 0.3 is 0 Å². The normalized spacial score (nSPS) is 12.5. The highest BCUT2D eigenvalue weighted by atomic mass is 16.3. The minimum absolute atomic E-state index is 0.234. The zero-order chi connectivity index (χ0) is 15.9. The largest absolute Gasteiger partial charge is 0.507 e. The number of para-hydroxylation sites is 2. The van der Waals surface area contributed by atoms with Gasteiger partial charge in [-0.3, -0.25) is 9.98 Å². The second kappa shape index (κ2) is 7.41. The van der Waals surface area contributed by atoms with Gasteiger partial charge in [0.25, 0.3) is 0 Å². The number of aromatic hydroxyl groups is 2. The molecule has 0 amide bonds. The maximum Gasteiger partial charge on any atom is 0.124 e. The molecule has 22 heavy (non-hydrogen) atoms. The van der Waals surface area contributed by atoms with Gasteiger partial charge in [-0.25, -0.2) is 0 Å². The summed E-state index contributed by atoms with van der Waals surface area (Å²) in [7, 11) is 0. The number of phenolic OH excluding ortho intramolecular Hbond substituents is 2. The number of aliphatic imine (C=N–C) groups is 2. The van der Waals surface area contributed by atoms with Crippen molar-refractivity contribution in [2.45, 2.75) is 13.8 Å². The Kier molecular flexibility index (Phi) is 5.31. The molecule has 0 fully saturated rings. The lowest BCUT2D eigenvalue weighted by Crippen LogP contribution is -2.01. The molecule has 0 saturated carbocycles. The standard InChI is InChI=1S/C18H20N2O2/c1-13(15-7-3-5-9-17(15)21)19-11-12-20-14(2)16-8-4-6-10-18(16)22/h3-10,21-22H,11-12H2,1-2H3/b19-13-,20-14+. The molecule has 0 aromatic heterocycles. The van der Waals surface area contributed by atoms with Gasteiger partial charge in [-0.2, -0.15) is 0 Å². The lowest BCUT2D eigenvalue weighted by molar-refractivity contribution is 0.473. The summed E-state index contributed by atoms with van der Waals surface area (Å²) in [6.45, 7) is 4.81. The molecule has 4 nitrogen and oxygen atoms in total. The Morgan fingerprint density at radius 1 is 0.727 bits per heavy atom. The molecule has 0 heterocycles. The Hall–Kier alpha value is -2.62. The van der Waals surface area contributed by atoms with E-state index in [9.17, 15) is 10.2 Å². The van der Waals surface area contributed by atoms with Crippen LogP contribution in [0.2, 0.25) is 0 Å². The van der Waals surface area contributed by atoms with Crippen molar-refractivity contribution in [1.82, 2.24) is 0 Å². The summed E-state index contributed by atoms with van der Waals surface area (Å²) >= 11 is 0. The predicted octanol–water partition coefficient (Wildman–Crippen LogP) is 3.42. The van der Waals surface area contributed by atoms with Gasteiger partial charge in [0.1, 0.15) is 11.5 Å². The minimum Gasteiger partial charge on any atom is -0.507 e. The maximum absolute atomic E-state index is 9.77. The number of phenols is 2. The molecule has 0 saturated heterocycles. The fourth-order valence-electron chi connectivity index (χ4n) is 2.16. The predicted molar refractivity (Wildman–Crippen MR) is 90.4 cm³/mol. The van der Waals surface area contributed by atoms with Crippen molar-refractivity contribution in [3.63, 3.8) is 0 Å². The molecule has 0 unspecified atom stereocenters. The highest BCUT2D eigenvalue weighted by Gasteiger charge is 2.03. The van der Waals surface area contributed by atoms with Crippen LogP contribution >= 0.6 is 0 Å². The van der Waals surface area contributed by atoms with E-state index in [0.29, 0.717) is 13.1 Å². The van der Waals surface area contributed by atoms with Gasteiger partial charge in [-0.05, 0) is 38.1 Å². The van der Waals surface area contributed by atoms with Crippen LogP contribution in [0.25, 0.3) is 0 Å². The average molecular weight is 296 g/mol. The van der Waals surface area contributed by atoms with E-state index >= 15 is 0 Å². The van der Waals surface area contributed by atoms with E-state index in [4.69, 9.17) is 0 Å². The summed E-state index contributed by atoms with van der Waals surface area (Å²) in [6, 6.07) is 14.3. The van der Waals surface area contributed by atoms with Crippen molar-refractivity contribution in [2.24, 2.45) is 9.98 Å². The fourth-order valence-corrected chi connectivity index (χ4v) is 2.16. The highest BCUT2D eigenvalue weighted by molar-refractivity contribution is 6.01. The van der Waals surface area contributed by atoms with Crippen LogP contribution < -0.4 is 0 Å². The maximum atomic E-state index is 9.77. The fraction of sp³-hybridized carbons (Fsp3) is 0.222. The molecular formula is C18H20N2O2. The topological polar surface area (TPSA) is 65.2 Å². The molecule has 2 N–H and O–H groups in total. The van der Waals surface area contributed by atoms with Gasteiger partial charge in [0, 0.05) is 22.6 Å². The molecule has 2 rings (SSSR count). The Balaban J connectivity index is 1.99. The quantitative estimate of drug-likeness (QED) is 0.656. The van der Waals surface area contributed by atoms with E-state index in [1.807, 2.05) is 38.1 Å².